The number of piperazine rings is 1. The Hall–Kier alpha value is -3.07. The number of phenolic OH excluding ortho intramolecular Hbond substituents is 1. The molecule has 0 radical (unpaired) electrons. The van der Waals surface area contributed by atoms with Crippen molar-refractivity contribution in [1.82, 2.24) is 35.3 Å². The molecule has 0 aliphatic carbocycles. The van der Waals surface area contributed by atoms with E-state index in [1.165, 1.54) is 0 Å². The van der Waals surface area contributed by atoms with E-state index in [1.54, 1.807) is 36.4 Å². The van der Waals surface area contributed by atoms with E-state index in [2.05, 4.69) is 49.3 Å². The molecule has 1 aliphatic rings. The third-order valence-electron chi connectivity index (χ3n) is 4.97. The lowest BCUT2D eigenvalue weighted by Crippen LogP contribution is -2.53. The van der Waals surface area contributed by atoms with Gasteiger partial charge in [-0.15, -0.1) is 10.2 Å². The molecule has 0 spiro atoms. The summed E-state index contributed by atoms with van der Waals surface area (Å²) in [4.78, 5) is 10.8. The van der Waals surface area contributed by atoms with Crippen LogP contribution in [0, 0.1) is 5.92 Å². The summed E-state index contributed by atoms with van der Waals surface area (Å²) in [5, 5.41) is 26.8. The Morgan fingerprint density at radius 2 is 2.07 bits per heavy atom. The molecule has 3 heterocycles. The van der Waals surface area contributed by atoms with Crippen molar-refractivity contribution in [3.63, 3.8) is 0 Å². The fourth-order valence-corrected chi connectivity index (χ4v) is 3.30. The van der Waals surface area contributed by atoms with E-state index in [0.717, 1.165) is 25.2 Å². The van der Waals surface area contributed by atoms with Crippen LogP contribution in [-0.4, -0.2) is 60.7 Å². The van der Waals surface area contributed by atoms with Crippen molar-refractivity contribution in [2.24, 2.45) is 13.0 Å². The molecule has 0 amide bonds. The molecule has 3 aromatic rings. The summed E-state index contributed by atoms with van der Waals surface area (Å²) in [5.74, 6) is 1.81. The first-order chi connectivity index (χ1) is 13.5. The zero-order valence-electron chi connectivity index (χ0n) is 16.2. The molecular formula is C19H24N8O. The van der Waals surface area contributed by atoms with Gasteiger partial charge in [0, 0.05) is 43.9 Å². The lowest BCUT2D eigenvalue weighted by molar-refractivity contribution is 0.365. The molecule has 28 heavy (non-hydrogen) atoms. The van der Waals surface area contributed by atoms with Crippen LogP contribution in [-0.2, 0) is 7.05 Å². The highest BCUT2D eigenvalue weighted by atomic mass is 16.3. The maximum absolute atomic E-state index is 10.5. The van der Waals surface area contributed by atoms with Crippen LogP contribution >= 0.6 is 0 Å². The SMILES string of the molecule is CC(C)[C@H]1CN(c2ncc(-c3ccc(-c4ncn(C)n4)cc3O)nn2)CCN1. The van der Waals surface area contributed by atoms with E-state index in [-0.39, 0.29) is 5.75 Å². The monoisotopic (exact) mass is 380 g/mol. The fraction of sp³-hybridized carbons (Fsp3) is 0.421. The average Bonchev–Trinajstić information content (AvgIpc) is 3.14. The van der Waals surface area contributed by atoms with E-state index in [0.29, 0.717) is 35.0 Å². The van der Waals surface area contributed by atoms with Crippen molar-refractivity contribution in [1.29, 1.82) is 0 Å². The third kappa shape index (κ3) is 3.65. The average molecular weight is 380 g/mol. The molecule has 1 atom stereocenters. The van der Waals surface area contributed by atoms with Crippen molar-refractivity contribution in [3.05, 3.63) is 30.7 Å². The number of aryl methyl sites for hydroxylation is 1. The number of rotatable bonds is 4. The Kier molecular flexibility index (Phi) is 4.91. The normalized spacial score (nSPS) is 17.3. The summed E-state index contributed by atoms with van der Waals surface area (Å²) >= 11 is 0. The van der Waals surface area contributed by atoms with Gasteiger partial charge in [0.1, 0.15) is 17.8 Å². The first kappa shape index (κ1) is 18.3. The molecule has 1 fully saturated rings. The van der Waals surface area contributed by atoms with Crippen LogP contribution in [0.2, 0.25) is 0 Å². The second-order valence-corrected chi connectivity index (χ2v) is 7.37. The molecule has 2 aromatic heterocycles. The topological polar surface area (TPSA) is 105 Å². The summed E-state index contributed by atoms with van der Waals surface area (Å²) in [6, 6.07) is 5.67. The number of benzene rings is 1. The number of aromatic nitrogens is 6. The van der Waals surface area contributed by atoms with Gasteiger partial charge in [-0.1, -0.05) is 19.9 Å². The number of anilines is 1. The molecule has 4 rings (SSSR count). The Morgan fingerprint density at radius 3 is 2.71 bits per heavy atom. The van der Waals surface area contributed by atoms with Crippen LogP contribution in [0.25, 0.3) is 22.6 Å². The molecule has 0 bridgehead atoms. The number of nitrogens with zero attached hydrogens (tertiary/aromatic N) is 7. The van der Waals surface area contributed by atoms with Crippen LogP contribution in [0.15, 0.2) is 30.7 Å². The first-order valence-electron chi connectivity index (χ1n) is 9.38. The summed E-state index contributed by atoms with van der Waals surface area (Å²) in [7, 11) is 1.80. The Balaban J connectivity index is 1.54. The standard InChI is InChI=1S/C19H24N8O/c1-12(2)16-10-27(7-6-20-16)19-21-9-15(23-24-19)14-5-4-13(8-17(14)28)18-22-11-26(3)25-18/h4-5,8-9,11-12,16,20,28H,6-7,10H2,1-3H3/t16-/m1/s1. The molecule has 0 saturated carbocycles. The molecular weight excluding hydrogens is 356 g/mol. The summed E-state index contributed by atoms with van der Waals surface area (Å²) in [6.45, 7) is 7.02. The number of nitrogens with one attached hydrogen (secondary N) is 1. The van der Waals surface area contributed by atoms with E-state index in [1.807, 2.05) is 6.07 Å². The Morgan fingerprint density at radius 1 is 1.21 bits per heavy atom. The zero-order chi connectivity index (χ0) is 19.7. The lowest BCUT2D eigenvalue weighted by atomic mass is 10.0. The van der Waals surface area contributed by atoms with Crippen molar-refractivity contribution < 1.29 is 5.11 Å². The smallest absolute Gasteiger partial charge is 0.245 e. The molecule has 0 unspecified atom stereocenters. The summed E-state index contributed by atoms with van der Waals surface area (Å²) in [5.41, 5.74) is 1.84. The van der Waals surface area contributed by atoms with Gasteiger partial charge in [-0.2, -0.15) is 5.10 Å². The van der Waals surface area contributed by atoms with Crippen molar-refractivity contribution in [2.75, 3.05) is 24.5 Å². The molecule has 1 aromatic carbocycles. The summed E-state index contributed by atoms with van der Waals surface area (Å²) < 4.78 is 1.62. The number of hydrogen-bond acceptors (Lipinski definition) is 8. The van der Waals surface area contributed by atoms with Crippen LogP contribution in [0.3, 0.4) is 0 Å². The van der Waals surface area contributed by atoms with E-state index in [9.17, 15) is 5.11 Å². The zero-order valence-corrected chi connectivity index (χ0v) is 16.2. The van der Waals surface area contributed by atoms with E-state index in [4.69, 9.17) is 0 Å². The minimum atomic E-state index is 0.0934. The van der Waals surface area contributed by atoms with Gasteiger partial charge in [0.2, 0.25) is 5.95 Å². The van der Waals surface area contributed by atoms with Crippen LogP contribution < -0.4 is 10.2 Å². The predicted octanol–water partition coefficient (Wildman–Crippen LogP) is 1.47. The van der Waals surface area contributed by atoms with Crippen molar-refractivity contribution in [3.8, 4) is 28.4 Å². The fourth-order valence-electron chi connectivity index (χ4n) is 3.30. The minimum Gasteiger partial charge on any atom is -0.507 e. The maximum Gasteiger partial charge on any atom is 0.245 e. The highest BCUT2D eigenvalue weighted by Crippen LogP contribution is 2.31. The second-order valence-electron chi connectivity index (χ2n) is 7.37. The highest BCUT2D eigenvalue weighted by molar-refractivity contribution is 5.71. The highest BCUT2D eigenvalue weighted by Gasteiger charge is 2.23. The van der Waals surface area contributed by atoms with Gasteiger partial charge in [0.05, 0.1) is 6.20 Å². The molecule has 1 saturated heterocycles. The molecule has 9 nitrogen and oxygen atoms in total. The minimum absolute atomic E-state index is 0.0934. The molecule has 1 aliphatic heterocycles. The number of aromatic hydroxyl groups is 1. The largest absolute Gasteiger partial charge is 0.507 e. The predicted molar refractivity (Wildman–Crippen MR) is 106 cm³/mol. The Bertz CT molecular complexity index is 953. The molecule has 2 N–H and O–H groups in total. The van der Waals surface area contributed by atoms with Crippen LogP contribution in [0.1, 0.15) is 13.8 Å². The maximum atomic E-state index is 10.5. The van der Waals surface area contributed by atoms with Gasteiger partial charge in [-0.25, -0.2) is 9.97 Å². The Labute approximate surface area is 163 Å². The summed E-state index contributed by atoms with van der Waals surface area (Å²) in [6.07, 6.45) is 3.27. The molecule has 146 valence electrons. The van der Waals surface area contributed by atoms with Crippen LogP contribution in [0.5, 0.6) is 5.75 Å². The van der Waals surface area contributed by atoms with Gasteiger partial charge in [0.25, 0.3) is 0 Å². The van der Waals surface area contributed by atoms with Gasteiger partial charge in [0.15, 0.2) is 5.82 Å². The van der Waals surface area contributed by atoms with Gasteiger partial charge >= 0.3 is 0 Å². The van der Waals surface area contributed by atoms with Gasteiger partial charge in [-0.3, -0.25) is 4.68 Å². The van der Waals surface area contributed by atoms with Crippen LogP contribution in [0.4, 0.5) is 5.95 Å². The molecule has 9 heteroatoms. The third-order valence-corrected chi connectivity index (χ3v) is 4.97. The van der Waals surface area contributed by atoms with Gasteiger partial charge < -0.3 is 15.3 Å². The van der Waals surface area contributed by atoms with Gasteiger partial charge in [-0.05, 0) is 18.1 Å². The number of hydrogen-bond donors (Lipinski definition) is 2. The van der Waals surface area contributed by atoms with E-state index < -0.39 is 0 Å². The van der Waals surface area contributed by atoms with Crippen molar-refractivity contribution >= 4 is 5.95 Å². The van der Waals surface area contributed by atoms with E-state index >= 15 is 0 Å². The second kappa shape index (κ2) is 7.51. The first-order valence-corrected chi connectivity index (χ1v) is 9.38. The quantitative estimate of drug-likeness (QED) is 0.701. The van der Waals surface area contributed by atoms with Crippen molar-refractivity contribution in [2.45, 2.75) is 19.9 Å². The number of phenols is 1. The lowest BCUT2D eigenvalue weighted by Gasteiger charge is -2.35.